The summed E-state index contributed by atoms with van der Waals surface area (Å²) < 4.78 is 33.0. The normalized spacial score (nSPS) is 18.7. The van der Waals surface area contributed by atoms with Crippen molar-refractivity contribution < 1.29 is 17.9 Å². The van der Waals surface area contributed by atoms with Gasteiger partial charge >= 0.3 is 0 Å². The van der Waals surface area contributed by atoms with Crippen molar-refractivity contribution in [2.45, 2.75) is 24.4 Å². The van der Waals surface area contributed by atoms with Gasteiger partial charge < -0.3 is 24.8 Å². The molecule has 0 aliphatic carbocycles. The minimum atomic E-state index is -3.52. The predicted octanol–water partition coefficient (Wildman–Crippen LogP) is 3.75. The van der Waals surface area contributed by atoms with Gasteiger partial charge in [-0.2, -0.15) is 4.31 Å². The number of hydrogen-bond acceptors (Lipinski definition) is 7. The molecule has 10 heteroatoms. The summed E-state index contributed by atoms with van der Waals surface area (Å²) in [6, 6.07) is 20.3. The van der Waals surface area contributed by atoms with E-state index in [2.05, 4.69) is 15.1 Å². The van der Waals surface area contributed by atoms with Crippen LogP contribution in [0.5, 0.6) is 5.75 Å². The van der Waals surface area contributed by atoms with Crippen LogP contribution in [0.25, 0.3) is 0 Å². The van der Waals surface area contributed by atoms with Gasteiger partial charge in [0, 0.05) is 51.1 Å². The lowest BCUT2D eigenvalue weighted by Gasteiger charge is -2.40. The van der Waals surface area contributed by atoms with E-state index in [9.17, 15) is 13.2 Å². The number of hydrogen-bond donors (Lipinski definition) is 1. The van der Waals surface area contributed by atoms with E-state index < -0.39 is 10.0 Å². The van der Waals surface area contributed by atoms with Crippen LogP contribution in [0, 0.1) is 0 Å². The number of carbonyl (C=O) groups excluding carboxylic acids is 1. The Hall–Kier alpha value is -3.60. The maximum absolute atomic E-state index is 13.1. The van der Waals surface area contributed by atoms with E-state index in [-0.39, 0.29) is 11.9 Å². The van der Waals surface area contributed by atoms with E-state index >= 15 is 0 Å². The van der Waals surface area contributed by atoms with Gasteiger partial charge in [-0.3, -0.25) is 4.79 Å². The Balaban J connectivity index is 1.37. The number of likely N-dealkylation sites (N-methyl/N-ethyl adjacent to an activating group) is 2. The van der Waals surface area contributed by atoms with Crippen molar-refractivity contribution in [2.24, 2.45) is 0 Å². The largest absolute Gasteiger partial charge is 0.497 e. The first-order chi connectivity index (χ1) is 18.7. The van der Waals surface area contributed by atoms with Crippen LogP contribution in [0.2, 0.25) is 0 Å². The zero-order valence-corrected chi connectivity index (χ0v) is 23.6. The molecule has 0 spiro atoms. The highest BCUT2D eigenvalue weighted by atomic mass is 32.2. The number of ether oxygens (including phenoxy) is 1. The number of nitrogens with one attached hydrogen (secondary N) is 1. The first kappa shape index (κ1) is 27.0. The molecule has 1 amide bonds. The number of sulfonamides is 1. The summed E-state index contributed by atoms with van der Waals surface area (Å²) in [4.78, 5) is 19.2. The van der Waals surface area contributed by atoms with Gasteiger partial charge in [0.2, 0.25) is 15.9 Å². The second-order valence-corrected chi connectivity index (χ2v) is 12.0. The molecule has 1 fully saturated rings. The summed E-state index contributed by atoms with van der Waals surface area (Å²) in [5.41, 5.74) is 4.48. The van der Waals surface area contributed by atoms with E-state index in [4.69, 9.17) is 4.74 Å². The van der Waals surface area contributed by atoms with Gasteiger partial charge in [0.15, 0.2) is 0 Å². The average Bonchev–Trinajstić information content (AvgIpc) is 2.95. The highest BCUT2D eigenvalue weighted by Crippen LogP contribution is 2.39. The molecule has 39 heavy (non-hydrogen) atoms. The third-order valence-corrected chi connectivity index (χ3v) is 9.47. The predicted molar refractivity (Wildman–Crippen MR) is 154 cm³/mol. The number of methoxy groups -OCH3 is 1. The maximum Gasteiger partial charge on any atom is 0.249 e. The quantitative estimate of drug-likeness (QED) is 0.481. The van der Waals surface area contributed by atoms with Crippen molar-refractivity contribution in [1.29, 1.82) is 0 Å². The summed E-state index contributed by atoms with van der Waals surface area (Å²) in [5.74, 6) is 0.823. The number of benzene rings is 3. The van der Waals surface area contributed by atoms with Crippen LogP contribution in [-0.2, 0) is 21.4 Å². The molecule has 3 aromatic rings. The highest BCUT2D eigenvalue weighted by molar-refractivity contribution is 7.89. The summed E-state index contributed by atoms with van der Waals surface area (Å²) >= 11 is 0. The Morgan fingerprint density at radius 1 is 0.872 bits per heavy atom. The molecular formula is C29H35N5O4S. The smallest absolute Gasteiger partial charge is 0.249 e. The van der Waals surface area contributed by atoms with Gasteiger partial charge in [-0.1, -0.05) is 12.1 Å². The molecule has 5 rings (SSSR count). The van der Waals surface area contributed by atoms with Crippen molar-refractivity contribution in [3.63, 3.8) is 0 Å². The summed E-state index contributed by atoms with van der Waals surface area (Å²) in [6.07, 6.45) is 0. The molecule has 0 aromatic heterocycles. The van der Waals surface area contributed by atoms with Crippen molar-refractivity contribution in [3.05, 3.63) is 72.3 Å². The molecule has 1 unspecified atom stereocenters. The Morgan fingerprint density at radius 2 is 1.51 bits per heavy atom. The fourth-order valence-corrected chi connectivity index (χ4v) is 6.48. The number of nitrogens with zero attached hydrogens (tertiary/aromatic N) is 4. The molecular weight excluding hydrogens is 514 g/mol. The topological polar surface area (TPSA) is 85.4 Å². The number of fused-ring (bicyclic) bond motifs is 1. The zero-order chi connectivity index (χ0) is 27.7. The lowest BCUT2D eigenvalue weighted by molar-refractivity contribution is -0.119. The fraction of sp³-hybridized carbons (Fsp3) is 0.345. The first-order valence-corrected chi connectivity index (χ1v) is 14.5. The Bertz CT molecular complexity index is 1440. The molecule has 0 radical (unpaired) electrons. The Morgan fingerprint density at radius 3 is 2.15 bits per heavy atom. The Kier molecular flexibility index (Phi) is 7.53. The van der Waals surface area contributed by atoms with Crippen LogP contribution in [-0.4, -0.2) is 77.0 Å². The van der Waals surface area contributed by atoms with Crippen LogP contribution in [0.1, 0.15) is 12.5 Å². The average molecular weight is 550 g/mol. The van der Waals surface area contributed by atoms with Gasteiger partial charge in [-0.15, -0.1) is 0 Å². The van der Waals surface area contributed by atoms with Gasteiger partial charge in [-0.05, 0) is 74.1 Å². The van der Waals surface area contributed by atoms with Crippen LogP contribution in [0.4, 0.5) is 22.7 Å². The van der Waals surface area contributed by atoms with Crippen LogP contribution < -0.4 is 19.9 Å². The van der Waals surface area contributed by atoms with Crippen molar-refractivity contribution in [2.75, 3.05) is 62.5 Å². The van der Waals surface area contributed by atoms with Gasteiger partial charge in [0.25, 0.3) is 0 Å². The van der Waals surface area contributed by atoms with Crippen LogP contribution in [0.15, 0.2) is 71.6 Å². The van der Waals surface area contributed by atoms with Crippen molar-refractivity contribution in [1.82, 2.24) is 9.21 Å². The SMILES string of the molecule is COc1ccc(CN2c3cc(Nc4ccc(S(=O)(=O)N5CCN(C)CC5)cc4)ccc3N(C)C(=O)C2C)cc1. The zero-order valence-electron chi connectivity index (χ0n) is 22.8. The van der Waals surface area contributed by atoms with E-state index in [1.165, 1.54) is 0 Å². The second-order valence-electron chi connectivity index (χ2n) is 10.1. The number of piperazine rings is 1. The lowest BCUT2D eigenvalue weighted by atomic mass is 10.0. The maximum atomic E-state index is 13.1. The van der Waals surface area contributed by atoms with Gasteiger partial charge in [0.05, 0.1) is 23.4 Å². The third kappa shape index (κ3) is 5.45. The molecule has 1 atom stereocenters. The third-order valence-electron chi connectivity index (χ3n) is 7.56. The molecule has 2 heterocycles. The molecule has 9 nitrogen and oxygen atoms in total. The molecule has 3 aromatic carbocycles. The molecule has 1 saturated heterocycles. The van der Waals surface area contributed by atoms with Gasteiger partial charge in [-0.25, -0.2) is 8.42 Å². The van der Waals surface area contributed by atoms with Crippen molar-refractivity contribution in [3.8, 4) is 5.75 Å². The van der Waals surface area contributed by atoms with Crippen LogP contribution >= 0.6 is 0 Å². The number of anilines is 4. The molecule has 0 saturated carbocycles. The molecule has 206 valence electrons. The van der Waals surface area contributed by atoms with E-state index in [1.807, 2.05) is 56.4 Å². The molecule has 2 aliphatic rings. The van der Waals surface area contributed by atoms with E-state index in [1.54, 1.807) is 47.6 Å². The standard InChI is InChI=1S/C29H35N5O4S/c1-21-29(35)32(3)27-14-9-24(19-28(27)34(21)20-22-5-10-25(38-4)11-6-22)30-23-7-12-26(13-8-23)39(36,37)33-17-15-31(2)16-18-33/h5-14,19,21,30H,15-18,20H2,1-4H3. The molecule has 1 N–H and O–H groups in total. The van der Waals surface area contributed by atoms with E-state index in [0.717, 1.165) is 47.2 Å². The minimum absolute atomic E-state index is 0.0360. The van der Waals surface area contributed by atoms with Crippen molar-refractivity contribution >= 4 is 38.7 Å². The molecule has 2 aliphatic heterocycles. The number of rotatable bonds is 7. The lowest BCUT2D eigenvalue weighted by Crippen LogP contribution is -2.50. The van der Waals surface area contributed by atoms with Crippen LogP contribution in [0.3, 0.4) is 0 Å². The van der Waals surface area contributed by atoms with E-state index in [0.29, 0.717) is 24.5 Å². The summed E-state index contributed by atoms with van der Waals surface area (Å²) in [6.45, 7) is 4.94. The summed E-state index contributed by atoms with van der Waals surface area (Å²) in [7, 11) is 1.92. The number of amides is 1. The van der Waals surface area contributed by atoms with Gasteiger partial charge in [0.1, 0.15) is 11.8 Å². The summed E-state index contributed by atoms with van der Waals surface area (Å²) in [5, 5.41) is 3.40. The monoisotopic (exact) mass is 549 g/mol. The fourth-order valence-electron chi connectivity index (χ4n) is 5.06. The first-order valence-electron chi connectivity index (χ1n) is 13.0. The minimum Gasteiger partial charge on any atom is -0.497 e. The highest BCUT2D eigenvalue weighted by Gasteiger charge is 2.34. The molecule has 0 bridgehead atoms. The second kappa shape index (κ2) is 10.9. The Labute approximate surface area is 230 Å². The number of carbonyl (C=O) groups is 1.